The Morgan fingerprint density at radius 1 is 1.00 bits per heavy atom. The maximum Gasteiger partial charge on any atom is -0.0351 e. The Kier molecular flexibility index (Phi) is 9.63. The molecule has 13 heavy (non-hydrogen) atoms. The van der Waals surface area contributed by atoms with E-state index in [-0.39, 0.29) is 0 Å². The average molecular weight is 182 g/mol. The summed E-state index contributed by atoms with van der Waals surface area (Å²) in [7, 11) is 0. The first-order valence-corrected chi connectivity index (χ1v) is 5.96. The van der Waals surface area contributed by atoms with Crippen LogP contribution in [-0.2, 0) is 0 Å². The Balaban J connectivity index is 3.03. The van der Waals surface area contributed by atoms with Crippen molar-refractivity contribution in [3.63, 3.8) is 0 Å². The van der Waals surface area contributed by atoms with E-state index in [4.69, 9.17) is 0 Å². The fraction of sp³-hybridized carbons (Fsp3) is 0.846. The van der Waals surface area contributed by atoms with Crippen LogP contribution in [0.25, 0.3) is 0 Å². The molecule has 0 aliphatic rings. The van der Waals surface area contributed by atoms with Crippen molar-refractivity contribution in [3.05, 3.63) is 12.2 Å². The smallest absolute Gasteiger partial charge is 0.0351 e. The molecular formula is C13H26. The molecule has 0 fully saturated rings. The lowest BCUT2D eigenvalue weighted by Gasteiger charge is -2.06. The van der Waals surface area contributed by atoms with E-state index in [1.807, 2.05) is 0 Å². The van der Waals surface area contributed by atoms with E-state index in [2.05, 4.69) is 32.9 Å². The van der Waals surface area contributed by atoms with E-state index in [0.717, 1.165) is 5.92 Å². The average Bonchev–Trinajstić information content (AvgIpc) is 2.16. The zero-order valence-corrected chi connectivity index (χ0v) is 9.68. The van der Waals surface area contributed by atoms with Gasteiger partial charge in [0.05, 0.1) is 0 Å². The minimum absolute atomic E-state index is 0.936. The summed E-state index contributed by atoms with van der Waals surface area (Å²) in [5, 5.41) is 0. The summed E-state index contributed by atoms with van der Waals surface area (Å²) < 4.78 is 0. The Morgan fingerprint density at radius 2 is 1.77 bits per heavy atom. The number of allylic oxidation sites excluding steroid dienone is 2. The predicted octanol–water partition coefficient (Wildman–Crippen LogP) is 4.95. The van der Waals surface area contributed by atoms with E-state index in [1.54, 1.807) is 0 Å². The summed E-state index contributed by atoms with van der Waals surface area (Å²) >= 11 is 0. The monoisotopic (exact) mass is 182 g/mol. The van der Waals surface area contributed by atoms with Gasteiger partial charge in [-0.15, -0.1) is 0 Å². The van der Waals surface area contributed by atoms with E-state index in [0.29, 0.717) is 0 Å². The van der Waals surface area contributed by atoms with Gasteiger partial charge in [-0.05, 0) is 25.2 Å². The predicted molar refractivity (Wildman–Crippen MR) is 62.0 cm³/mol. The number of rotatable bonds is 8. The molecule has 0 spiro atoms. The molecule has 0 aliphatic carbocycles. The molecule has 1 atom stereocenters. The molecule has 0 N–H and O–H groups in total. The van der Waals surface area contributed by atoms with Crippen molar-refractivity contribution in [2.24, 2.45) is 5.92 Å². The summed E-state index contributed by atoms with van der Waals surface area (Å²) in [4.78, 5) is 0. The minimum atomic E-state index is 0.936. The van der Waals surface area contributed by atoms with Gasteiger partial charge in [0.2, 0.25) is 0 Å². The SMILES string of the molecule is CCC=CCCCCCC(C)CC. The molecule has 78 valence electrons. The van der Waals surface area contributed by atoms with Crippen molar-refractivity contribution in [1.29, 1.82) is 0 Å². The van der Waals surface area contributed by atoms with Crippen LogP contribution in [0.1, 0.15) is 65.7 Å². The molecular weight excluding hydrogens is 156 g/mol. The first kappa shape index (κ1) is 12.7. The van der Waals surface area contributed by atoms with Gasteiger partial charge in [-0.1, -0.05) is 58.6 Å². The Morgan fingerprint density at radius 3 is 2.38 bits per heavy atom. The van der Waals surface area contributed by atoms with Crippen molar-refractivity contribution in [1.82, 2.24) is 0 Å². The van der Waals surface area contributed by atoms with Crippen LogP contribution in [0.2, 0.25) is 0 Å². The fourth-order valence-corrected chi connectivity index (χ4v) is 1.42. The van der Waals surface area contributed by atoms with Gasteiger partial charge in [-0.25, -0.2) is 0 Å². The van der Waals surface area contributed by atoms with E-state index in [1.165, 1.54) is 44.9 Å². The largest absolute Gasteiger partial charge is 0.0888 e. The first-order valence-electron chi connectivity index (χ1n) is 5.96. The molecule has 0 aromatic carbocycles. The van der Waals surface area contributed by atoms with Gasteiger partial charge < -0.3 is 0 Å². The van der Waals surface area contributed by atoms with E-state index in [9.17, 15) is 0 Å². The molecule has 1 unspecified atom stereocenters. The molecule has 0 amide bonds. The second-order valence-corrected chi connectivity index (χ2v) is 4.03. The number of hydrogen-bond acceptors (Lipinski definition) is 0. The molecule has 0 aromatic heterocycles. The highest BCUT2D eigenvalue weighted by Gasteiger charge is 1.96. The third-order valence-corrected chi connectivity index (χ3v) is 2.67. The standard InChI is InChI=1S/C13H26/c1-4-6-7-8-9-10-11-12-13(3)5-2/h6-7,13H,4-5,8-12H2,1-3H3. The Hall–Kier alpha value is -0.260. The van der Waals surface area contributed by atoms with Gasteiger partial charge in [-0.2, -0.15) is 0 Å². The van der Waals surface area contributed by atoms with Crippen LogP contribution < -0.4 is 0 Å². The molecule has 0 radical (unpaired) electrons. The highest BCUT2D eigenvalue weighted by Crippen LogP contribution is 2.13. The maximum atomic E-state index is 2.36. The lowest BCUT2D eigenvalue weighted by molar-refractivity contribution is 0.479. The topological polar surface area (TPSA) is 0 Å². The molecule has 0 heteroatoms. The summed E-state index contributed by atoms with van der Waals surface area (Å²) in [6, 6.07) is 0. The molecule has 0 bridgehead atoms. The van der Waals surface area contributed by atoms with Gasteiger partial charge >= 0.3 is 0 Å². The lowest BCUT2D eigenvalue weighted by atomic mass is 10.0. The van der Waals surface area contributed by atoms with Gasteiger partial charge in [0.15, 0.2) is 0 Å². The van der Waals surface area contributed by atoms with Gasteiger partial charge in [-0.3, -0.25) is 0 Å². The van der Waals surface area contributed by atoms with E-state index < -0.39 is 0 Å². The third-order valence-electron chi connectivity index (χ3n) is 2.67. The molecule has 0 rings (SSSR count). The van der Waals surface area contributed by atoms with Crippen LogP contribution in [0.5, 0.6) is 0 Å². The minimum Gasteiger partial charge on any atom is -0.0888 e. The summed E-state index contributed by atoms with van der Waals surface area (Å²) in [6.07, 6.45) is 14.1. The third kappa shape index (κ3) is 9.66. The first-order chi connectivity index (χ1) is 6.31. The maximum absolute atomic E-state index is 2.36. The van der Waals surface area contributed by atoms with Crippen molar-refractivity contribution in [3.8, 4) is 0 Å². The molecule has 0 aromatic rings. The molecule has 0 saturated heterocycles. The highest BCUT2D eigenvalue weighted by molar-refractivity contribution is 4.79. The van der Waals surface area contributed by atoms with E-state index >= 15 is 0 Å². The van der Waals surface area contributed by atoms with Gasteiger partial charge in [0.25, 0.3) is 0 Å². The van der Waals surface area contributed by atoms with Crippen molar-refractivity contribution in [2.75, 3.05) is 0 Å². The second kappa shape index (κ2) is 9.83. The quantitative estimate of drug-likeness (QED) is 0.368. The van der Waals surface area contributed by atoms with Crippen LogP contribution >= 0.6 is 0 Å². The number of hydrogen-bond donors (Lipinski definition) is 0. The zero-order chi connectivity index (χ0) is 9.94. The van der Waals surface area contributed by atoms with Crippen LogP contribution in [0, 0.1) is 5.92 Å². The van der Waals surface area contributed by atoms with Crippen molar-refractivity contribution < 1.29 is 0 Å². The normalized spacial score (nSPS) is 13.8. The highest BCUT2D eigenvalue weighted by atomic mass is 14.0. The van der Waals surface area contributed by atoms with Gasteiger partial charge in [0.1, 0.15) is 0 Å². The van der Waals surface area contributed by atoms with Gasteiger partial charge in [0, 0.05) is 0 Å². The van der Waals surface area contributed by atoms with Crippen LogP contribution in [0.15, 0.2) is 12.2 Å². The zero-order valence-electron chi connectivity index (χ0n) is 9.68. The molecule has 0 nitrogen and oxygen atoms in total. The summed E-state index contributed by atoms with van der Waals surface area (Å²) in [6.45, 7) is 6.84. The van der Waals surface area contributed by atoms with Crippen molar-refractivity contribution in [2.45, 2.75) is 65.7 Å². The van der Waals surface area contributed by atoms with Crippen LogP contribution in [0.4, 0.5) is 0 Å². The van der Waals surface area contributed by atoms with Crippen molar-refractivity contribution >= 4 is 0 Å². The summed E-state index contributed by atoms with van der Waals surface area (Å²) in [5.41, 5.74) is 0. The Bertz CT molecular complexity index is 113. The van der Waals surface area contributed by atoms with Crippen LogP contribution in [0.3, 0.4) is 0 Å². The fourth-order valence-electron chi connectivity index (χ4n) is 1.42. The Labute approximate surface area is 84.4 Å². The molecule has 0 saturated carbocycles. The van der Waals surface area contributed by atoms with Crippen LogP contribution in [-0.4, -0.2) is 0 Å². The number of unbranched alkanes of at least 4 members (excludes halogenated alkanes) is 3. The summed E-state index contributed by atoms with van der Waals surface area (Å²) in [5.74, 6) is 0.936. The second-order valence-electron chi connectivity index (χ2n) is 4.03. The molecule has 0 aliphatic heterocycles. The lowest BCUT2D eigenvalue weighted by Crippen LogP contribution is -1.91. The molecule has 0 heterocycles.